The van der Waals surface area contributed by atoms with Gasteiger partial charge in [0.15, 0.2) is 17.3 Å². The minimum atomic E-state index is -0.390. The summed E-state index contributed by atoms with van der Waals surface area (Å²) in [6.07, 6.45) is 2.12. The average Bonchev–Trinajstić information content (AvgIpc) is 3.04. The van der Waals surface area contributed by atoms with E-state index in [2.05, 4.69) is 0 Å². The minimum absolute atomic E-state index is 0.0310. The minimum Gasteiger partial charge on any atom is -0.493 e. The second-order valence-electron chi connectivity index (χ2n) is 7.63. The average molecular weight is 387 g/mol. The van der Waals surface area contributed by atoms with Crippen LogP contribution in [0.25, 0.3) is 5.70 Å². The van der Waals surface area contributed by atoms with Gasteiger partial charge in [0.1, 0.15) is 5.78 Å². The molecule has 5 nitrogen and oxygen atoms in total. The van der Waals surface area contributed by atoms with E-state index in [0.717, 1.165) is 35.4 Å². The molecule has 0 amide bonds. The molecule has 1 heterocycles. The first-order chi connectivity index (χ1) is 14.1. The Kier molecular flexibility index (Phi) is 4.12. The highest BCUT2D eigenvalue weighted by molar-refractivity contribution is 6.25. The van der Waals surface area contributed by atoms with Crippen LogP contribution in [0.15, 0.2) is 53.0 Å². The number of allylic oxidation sites excluding steroid dienone is 1. The van der Waals surface area contributed by atoms with E-state index in [4.69, 9.17) is 14.5 Å². The van der Waals surface area contributed by atoms with Gasteiger partial charge < -0.3 is 9.47 Å². The molecule has 2 atom stereocenters. The Morgan fingerprint density at radius 2 is 1.66 bits per heavy atom. The van der Waals surface area contributed by atoms with Crippen LogP contribution < -0.4 is 9.47 Å². The van der Waals surface area contributed by atoms with Gasteiger partial charge in [-0.15, -0.1) is 0 Å². The Morgan fingerprint density at radius 3 is 2.41 bits per heavy atom. The van der Waals surface area contributed by atoms with E-state index in [1.807, 2.05) is 42.5 Å². The van der Waals surface area contributed by atoms with E-state index < -0.39 is 0 Å². The van der Waals surface area contributed by atoms with Gasteiger partial charge in [-0.1, -0.05) is 30.3 Å². The van der Waals surface area contributed by atoms with Gasteiger partial charge in [-0.3, -0.25) is 14.6 Å². The van der Waals surface area contributed by atoms with Gasteiger partial charge in [-0.05, 0) is 30.5 Å². The molecule has 1 saturated carbocycles. The SMILES string of the molecule is COc1ccc([C@H]2C3=C(N=C4CCCC(=O)[C@@H]42)c2ccccc2C3=O)cc1OC. The number of hydrogen-bond donors (Lipinski definition) is 0. The number of hydrogen-bond acceptors (Lipinski definition) is 5. The molecule has 2 aromatic carbocycles. The number of rotatable bonds is 3. The van der Waals surface area contributed by atoms with Crippen LogP contribution in [0.3, 0.4) is 0 Å². The fourth-order valence-electron chi connectivity index (χ4n) is 4.85. The number of Topliss-reactive ketones (excluding diaryl/α,β-unsaturated/α-hetero) is 2. The summed E-state index contributed by atoms with van der Waals surface area (Å²) in [6.45, 7) is 0. The molecule has 2 aliphatic carbocycles. The number of carbonyl (C=O) groups excluding carboxylic acids is 2. The Hall–Kier alpha value is -3.21. The smallest absolute Gasteiger partial charge is 0.192 e. The second kappa shape index (κ2) is 6.69. The van der Waals surface area contributed by atoms with Crippen molar-refractivity contribution in [2.24, 2.45) is 10.9 Å². The Morgan fingerprint density at radius 1 is 0.897 bits per heavy atom. The van der Waals surface area contributed by atoms with Crippen LogP contribution in [0.2, 0.25) is 0 Å². The number of methoxy groups -OCH3 is 2. The third-order valence-corrected chi connectivity index (χ3v) is 6.15. The third kappa shape index (κ3) is 2.57. The highest BCUT2D eigenvalue weighted by Crippen LogP contribution is 2.50. The quantitative estimate of drug-likeness (QED) is 0.791. The summed E-state index contributed by atoms with van der Waals surface area (Å²) in [5, 5.41) is 0. The Labute approximate surface area is 169 Å². The second-order valence-corrected chi connectivity index (χ2v) is 7.63. The van der Waals surface area contributed by atoms with Gasteiger partial charge in [0, 0.05) is 34.8 Å². The van der Waals surface area contributed by atoms with E-state index in [9.17, 15) is 9.59 Å². The topological polar surface area (TPSA) is 65.0 Å². The zero-order valence-corrected chi connectivity index (χ0v) is 16.4. The molecule has 5 rings (SSSR count). The van der Waals surface area contributed by atoms with Crippen LogP contribution in [0.1, 0.15) is 46.7 Å². The van der Waals surface area contributed by atoms with Crippen LogP contribution in [-0.4, -0.2) is 31.5 Å². The molecule has 0 radical (unpaired) electrons. The van der Waals surface area contributed by atoms with Crippen molar-refractivity contribution >= 4 is 23.0 Å². The number of benzene rings is 2. The lowest BCUT2D eigenvalue weighted by Crippen LogP contribution is -2.37. The first kappa shape index (κ1) is 17.9. The van der Waals surface area contributed by atoms with Crippen molar-refractivity contribution in [1.82, 2.24) is 0 Å². The first-order valence-electron chi connectivity index (χ1n) is 9.84. The van der Waals surface area contributed by atoms with Gasteiger partial charge in [0.2, 0.25) is 0 Å². The highest BCUT2D eigenvalue weighted by atomic mass is 16.5. The number of ether oxygens (including phenoxy) is 2. The molecule has 1 aliphatic heterocycles. The van der Waals surface area contributed by atoms with Gasteiger partial charge >= 0.3 is 0 Å². The lowest BCUT2D eigenvalue weighted by Gasteiger charge is -2.35. The normalized spacial score (nSPS) is 22.6. The van der Waals surface area contributed by atoms with Crippen molar-refractivity contribution in [2.45, 2.75) is 25.2 Å². The molecular weight excluding hydrogens is 366 g/mol. The Balaban J connectivity index is 1.73. The molecule has 0 aromatic heterocycles. The summed E-state index contributed by atoms with van der Waals surface area (Å²) in [7, 11) is 3.17. The van der Waals surface area contributed by atoms with E-state index in [1.165, 1.54) is 0 Å². The third-order valence-electron chi connectivity index (χ3n) is 6.15. The van der Waals surface area contributed by atoms with Gasteiger partial charge in [0.05, 0.1) is 25.8 Å². The summed E-state index contributed by atoms with van der Waals surface area (Å²) in [4.78, 5) is 31.2. The number of carbonyl (C=O) groups is 2. The monoisotopic (exact) mass is 387 g/mol. The number of ketones is 2. The van der Waals surface area contributed by atoms with Crippen molar-refractivity contribution in [3.63, 3.8) is 0 Å². The summed E-state index contributed by atoms with van der Waals surface area (Å²) < 4.78 is 10.9. The standard InChI is InChI=1S/C24H21NO4/c1-28-18-11-10-13(12-19(18)29-2)20-21-16(8-5-9-17(21)26)25-23-14-6-3-4-7-15(14)24(27)22(20)23/h3-4,6-7,10-12,20-21H,5,8-9H2,1-2H3/t20-,21-/m1/s1. The van der Waals surface area contributed by atoms with Gasteiger partial charge in [-0.25, -0.2) is 0 Å². The predicted octanol–water partition coefficient (Wildman–Crippen LogP) is 4.22. The molecule has 0 unspecified atom stereocenters. The van der Waals surface area contributed by atoms with Crippen LogP contribution in [0.4, 0.5) is 0 Å². The maximum Gasteiger partial charge on any atom is 0.192 e. The van der Waals surface area contributed by atoms with E-state index in [-0.39, 0.29) is 23.4 Å². The van der Waals surface area contributed by atoms with Crippen molar-refractivity contribution in [2.75, 3.05) is 14.2 Å². The molecule has 29 heavy (non-hydrogen) atoms. The molecule has 0 N–H and O–H groups in total. The lowest BCUT2D eigenvalue weighted by molar-refractivity contribution is -0.121. The highest BCUT2D eigenvalue weighted by Gasteiger charge is 2.47. The van der Waals surface area contributed by atoms with Crippen LogP contribution in [0.5, 0.6) is 11.5 Å². The molecule has 0 saturated heterocycles. The predicted molar refractivity (Wildman–Crippen MR) is 110 cm³/mol. The zero-order chi connectivity index (χ0) is 20.1. The summed E-state index contributed by atoms with van der Waals surface area (Å²) in [5.74, 6) is 0.583. The lowest BCUT2D eigenvalue weighted by atomic mass is 9.69. The summed E-state index contributed by atoms with van der Waals surface area (Å²) in [5.41, 5.74) is 4.65. The van der Waals surface area contributed by atoms with Crippen LogP contribution >= 0.6 is 0 Å². The summed E-state index contributed by atoms with van der Waals surface area (Å²) in [6, 6.07) is 13.2. The van der Waals surface area contributed by atoms with Gasteiger partial charge in [0.25, 0.3) is 0 Å². The molecule has 1 fully saturated rings. The molecule has 2 aromatic rings. The van der Waals surface area contributed by atoms with E-state index in [1.54, 1.807) is 14.2 Å². The maximum absolute atomic E-state index is 13.4. The van der Waals surface area contributed by atoms with Crippen molar-refractivity contribution in [3.8, 4) is 11.5 Å². The first-order valence-corrected chi connectivity index (χ1v) is 9.84. The van der Waals surface area contributed by atoms with E-state index >= 15 is 0 Å². The Bertz CT molecular complexity index is 1110. The number of nitrogens with zero attached hydrogens (tertiary/aromatic N) is 1. The zero-order valence-electron chi connectivity index (χ0n) is 16.4. The largest absolute Gasteiger partial charge is 0.493 e. The fourth-order valence-corrected chi connectivity index (χ4v) is 4.85. The van der Waals surface area contributed by atoms with Crippen molar-refractivity contribution in [3.05, 3.63) is 64.7 Å². The molecule has 0 spiro atoms. The van der Waals surface area contributed by atoms with Crippen molar-refractivity contribution in [1.29, 1.82) is 0 Å². The van der Waals surface area contributed by atoms with Crippen LogP contribution in [-0.2, 0) is 4.79 Å². The molecule has 146 valence electrons. The van der Waals surface area contributed by atoms with Gasteiger partial charge in [-0.2, -0.15) is 0 Å². The summed E-state index contributed by atoms with van der Waals surface area (Å²) >= 11 is 0. The molecule has 3 aliphatic rings. The van der Waals surface area contributed by atoms with E-state index in [0.29, 0.717) is 29.1 Å². The number of aliphatic imine (C=N–C) groups is 1. The van der Waals surface area contributed by atoms with Crippen LogP contribution in [0, 0.1) is 5.92 Å². The molecule has 5 heteroatoms. The maximum atomic E-state index is 13.4. The molecule has 0 bridgehead atoms. The number of fused-ring (bicyclic) bond motifs is 3. The molecular formula is C24H21NO4. The van der Waals surface area contributed by atoms with Crippen molar-refractivity contribution < 1.29 is 19.1 Å². The fraction of sp³-hybridized carbons (Fsp3) is 0.292.